The molecule has 104 valence electrons. The Morgan fingerprint density at radius 2 is 2.22 bits per heavy atom. The zero-order valence-electron chi connectivity index (χ0n) is 10.8. The number of ether oxygens (including phenoxy) is 1. The van der Waals surface area contributed by atoms with Gasteiger partial charge >= 0.3 is 0 Å². The average molecular weight is 258 g/mol. The number of hydrazine groups is 1. The Kier molecular flexibility index (Phi) is 6.63. The van der Waals surface area contributed by atoms with E-state index >= 15 is 0 Å². The summed E-state index contributed by atoms with van der Waals surface area (Å²) in [6.07, 6.45) is 2.05. The number of carbonyl (C=O) groups is 2. The van der Waals surface area contributed by atoms with Gasteiger partial charge in [0.1, 0.15) is 6.04 Å². The lowest BCUT2D eigenvalue weighted by Gasteiger charge is -2.34. The normalized spacial score (nSPS) is 20.4. The van der Waals surface area contributed by atoms with Gasteiger partial charge < -0.3 is 10.1 Å². The van der Waals surface area contributed by atoms with E-state index in [0.717, 1.165) is 25.9 Å². The highest BCUT2D eigenvalue weighted by atomic mass is 16.5. The van der Waals surface area contributed by atoms with Gasteiger partial charge in [-0.2, -0.15) is 0 Å². The van der Waals surface area contributed by atoms with Crippen molar-refractivity contribution in [2.75, 3.05) is 33.4 Å². The predicted molar refractivity (Wildman–Crippen MR) is 66.4 cm³/mol. The fraction of sp³-hybridized carbons (Fsp3) is 0.818. The van der Waals surface area contributed by atoms with Gasteiger partial charge in [-0.25, -0.2) is 5.84 Å². The average Bonchev–Trinajstić information content (AvgIpc) is 2.42. The van der Waals surface area contributed by atoms with Gasteiger partial charge in [0.05, 0.1) is 13.2 Å². The summed E-state index contributed by atoms with van der Waals surface area (Å²) in [6, 6.07) is -0.216. The molecule has 1 aliphatic heterocycles. The van der Waals surface area contributed by atoms with Crippen LogP contribution in [-0.2, 0) is 14.3 Å². The fourth-order valence-corrected chi connectivity index (χ4v) is 1.99. The molecule has 0 aromatic heterocycles. The molecule has 0 aliphatic carbocycles. The van der Waals surface area contributed by atoms with Gasteiger partial charge in [0, 0.05) is 20.0 Å². The van der Waals surface area contributed by atoms with Crippen LogP contribution in [0, 0.1) is 0 Å². The van der Waals surface area contributed by atoms with E-state index < -0.39 is 0 Å². The monoisotopic (exact) mass is 258 g/mol. The number of morpholine rings is 1. The summed E-state index contributed by atoms with van der Waals surface area (Å²) in [5.74, 6) is 4.83. The van der Waals surface area contributed by atoms with Crippen LogP contribution >= 0.6 is 0 Å². The lowest BCUT2D eigenvalue weighted by Crippen LogP contribution is -2.53. The molecular formula is C11H22N4O3. The van der Waals surface area contributed by atoms with Crippen LogP contribution in [0.5, 0.6) is 0 Å². The second kappa shape index (κ2) is 8.02. The van der Waals surface area contributed by atoms with Crippen LogP contribution in [0.3, 0.4) is 0 Å². The van der Waals surface area contributed by atoms with E-state index in [1.54, 1.807) is 7.05 Å². The van der Waals surface area contributed by atoms with E-state index in [4.69, 9.17) is 10.6 Å². The molecule has 7 nitrogen and oxygen atoms in total. The summed E-state index contributed by atoms with van der Waals surface area (Å²) in [6.45, 7) is 2.63. The largest absolute Gasteiger partial charge is 0.378 e. The zero-order valence-corrected chi connectivity index (χ0v) is 10.8. The quantitative estimate of drug-likeness (QED) is 0.235. The summed E-state index contributed by atoms with van der Waals surface area (Å²) in [7, 11) is 1.63. The SMILES string of the molecule is CNC(=O)C1COCCN1CCCCC(=O)NN. The molecule has 0 radical (unpaired) electrons. The lowest BCUT2D eigenvalue weighted by molar-refractivity contribution is -0.132. The molecule has 4 N–H and O–H groups in total. The van der Waals surface area contributed by atoms with Crippen molar-refractivity contribution in [1.29, 1.82) is 0 Å². The maximum atomic E-state index is 11.7. The van der Waals surface area contributed by atoms with Gasteiger partial charge in [-0.15, -0.1) is 0 Å². The molecule has 1 heterocycles. The highest BCUT2D eigenvalue weighted by Crippen LogP contribution is 2.09. The molecule has 0 bridgehead atoms. The summed E-state index contributed by atoms with van der Waals surface area (Å²) in [5.41, 5.74) is 2.10. The lowest BCUT2D eigenvalue weighted by atomic mass is 10.1. The fourth-order valence-electron chi connectivity index (χ4n) is 1.99. The summed E-state index contributed by atoms with van der Waals surface area (Å²) < 4.78 is 5.31. The molecule has 2 amide bonds. The first kappa shape index (κ1) is 14.9. The van der Waals surface area contributed by atoms with Crippen LogP contribution in [-0.4, -0.2) is 56.1 Å². The molecule has 18 heavy (non-hydrogen) atoms. The molecule has 1 saturated heterocycles. The maximum Gasteiger partial charge on any atom is 0.239 e. The molecule has 7 heteroatoms. The number of nitrogens with two attached hydrogens (primary N) is 1. The van der Waals surface area contributed by atoms with E-state index in [1.807, 2.05) is 0 Å². The van der Waals surface area contributed by atoms with Gasteiger partial charge in [-0.1, -0.05) is 0 Å². The summed E-state index contributed by atoms with van der Waals surface area (Å²) in [5, 5.41) is 2.64. The first-order valence-corrected chi connectivity index (χ1v) is 6.22. The summed E-state index contributed by atoms with van der Waals surface area (Å²) >= 11 is 0. The van der Waals surface area contributed by atoms with Crippen molar-refractivity contribution in [3.63, 3.8) is 0 Å². The van der Waals surface area contributed by atoms with Crippen LogP contribution in [0.1, 0.15) is 19.3 Å². The van der Waals surface area contributed by atoms with Crippen LogP contribution in [0.15, 0.2) is 0 Å². The van der Waals surface area contributed by atoms with E-state index in [-0.39, 0.29) is 17.9 Å². The van der Waals surface area contributed by atoms with E-state index in [0.29, 0.717) is 19.6 Å². The van der Waals surface area contributed by atoms with E-state index in [1.165, 1.54) is 0 Å². The number of unbranched alkanes of at least 4 members (excludes halogenated alkanes) is 1. The number of rotatable bonds is 6. The Bertz CT molecular complexity index is 285. The van der Waals surface area contributed by atoms with Crippen molar-refractivity contribution < 1.29 is 14.3 Å². The molecule has 0 spiro atoms. The van der Waals surface area contributed by atoms with Gasteiger partial charge in [0.15, 0.2) is 0 Å². The van der Waals surface area contributed by atoms with Crippen LogP contribution in [0.4, 0.5) is 0 Å². The zero-order chi connectivity index (χ0) is 13.4. The Labute approximate surface area is 107 Å². The molecule has 1 atom stereocenters. The van der Waals surface area contributed by atoms with Crippen LogP contribution in [0.2, 0.25) is 0 Å². The molecule has 1 rings (SSSR count). The number of nitrogens with one attached hydrogen (secondary N) is 2. The van der Waals surface area contributed by atoms with Crippen molar-refractivity contribution in [3.05, 3.63) is 0 Å². The molecule has 1 fully saturated rings. The Balaban J connectivity index is 2.29. The maximum absolute atomic E-state index is 11.7. The Morgan fingerprint density at radius 1 is 1.44 bits per heavy atom. The van der Waals surface area contributed by atoms with Gasteiger partial charge in [-0.3, -0.25) is 19.9 Å². The molecule has 0 saturated carbocycles. The second-order valence-corrected chi connectivity index (χ2v) is 4.27. The Hall–Kier alpha value is -1.18. The topological polar surface area (TPSA) is 96.7 Å². The minimum absolute atomic E-state index is 0.0191. The summed E-state index contributed by atoms with van der Waals surface area (Å²) in [4.78, 5) is 24.7. The first-order chi connectivity index (χ1) is 8.69. The number of carbonyl (C=O) groups excluding carboxylic acids is 2. The van der Waals surface area contributed by atoms with Gasteiger partial charge in [-0.05, 0) is 19.4 Å². The van der Waals surface area contributed by atoms with Gasteiger partial charge in [0.2, 0.25) is 11.8 Å². The van der Waals surface area contributed by atoms with Crippen molar-refractivity contribution >= 4 is 11.8 Å². The van der Waals surface area contributed by atoms with Crippen molar-refractivity contribution in [2.24, 2.45) is 5.84 Å². The smallest absolute Gasteiger partial charge is 0.239 e. The number of likely N-dealkylation sites (N-methyl/N-ethyl adjacent to an activating group) is 1. The highest BCUT2D eigenvalue weighted by molar-refractivity contribution is 5.81. The highest BCUT2D eigenvalue weighted by Gasteiger charge is 2.27. The van der Waals surface area contributed by atoms with E-state index in [2.05, 4.69) is 15.6 Å². The number of amides is 2. The number of nitrogens with zero attached hydrogens (tertiary/aromatic N) is 1. The molecular weight excluding hydrogens is 236 g/mol. The Morgan fingerprint density at radius 3 is 2.89 bits per heavy atom. The van der Waals surface area contributed by atoms with Crippen LogP contribution < -0.4 is 16.6 Å². The standard InChI is InChI=1S/C11H22N4O3/c1-13-11(17)9-8-18-7-6-15(9)5-3-2-4-10(16)14-12/h9H,2-8,12H2,1H3,(H,13,17)(H,14,16). The first-order valence-electron chi connectivity index (χ1n) is 6.22. The van der Waals surface area contributed by atoms with Crippen molar-refractivity contribution in [2.45, 2.75) is 25.3 Å². The molecule has 0 aromatic rings. The van der Waals surface area contributed by atoms with Crippen LogP contribution in [0.25, 0.3) is 0 Å². The molecule has 1 unspecified atom stereocenters. The third-order valence-corrected chi connectivity index (χ3v) is 3.05. The predicted octanol–water partition coefficient (Wildman–Crippen LogP) is -1.41. The second-order valence-electron chi connectivity index (χ2n) is 4.27. The third kappa shape index (κ3) is 4.59. The van der Waals surface area contributed by atoms with Crippen molar-refractivity contribution in [1.82, 2.24) is 15.6 Å². The number of hydrogen-bond acceptors (Lipinski definition) is 5. The van der Waals surface area contributed by atoms with Gasteiger partial charge in [0.25, 0.3) is 0 Å². The molecule has 1 aliphatic rings. The van der Waals surface area contributed by atoms with E-state index in [9.17, 15) is 9.59 Å². The minimum atomic E-state index is -0.216. The minimum Gasteiger partial charge on any atom is -0.378 e. The number of hydrogen-bond donors (Lipinski definition) is 3. The third-order valence-electron chi connectivity index (χ3n) is 3.05. The van der Waals surface area contributed by atoms with Crippen molar-refractivity contribution in [3.8, 4) is 0 Å². The molecule has 0 aromatic carbocycles.